The molecule has 0 aliphatic rings. The van der Waals surface area contributed by atoms with Crippen LogP contribution in [0.3, 0.4) is 0 Å². The first-order chi connectivity index (χ1) is 9.13. The summed E-state index contributed by atoms with van der Waals surface area (Å²) in [4.78, 5) is 21.2. The van der Waals surface area contributed by atoms with Gasteiger partial charge in [0, 0.05) is 37.5 Å². The van der Waals surface area contributed by atoms with Crippen LogP contribution >= 0.6 is 0 Å². The summed E-state index contributed by atoms with van der Waals surface area (Å²) in [7, 11) is 0. The van der Waals surface area contributed by atoms with Gasteiger partial charge in [-0.25, -0.2) is 4.79 Å². The van der Waals surface area contributed by atoms with Crippen LogP contribution < -0.4 is 16.0 Å². The van der Waals surface area contributed by atoms with Crippen LogP contribution in [-0.4, -0.2) is 30.6 Å². The van der Waals surface area contributed by atoms with Gasteiger partial charge in [-0.3, -0.25) is 10.1 Å². The summed E-state index contributed by atoms with van der Waals surface area (Å²) in [6.07, 6.45) is 1.59. The second kappa shape index (κ2) is 7.70. The van der Waals surface area contributed by atoms with Crippen LogP contribution in [0.1, 0.15) is 0 Å². The molecule has 0 saturated heterocycles. The number of carbonyl (C=O) groups excluding carboxylic acids is 1. The highest BCUT2D eigenvalue weighted by molar-refractivity contribution is 5.73. The van der Waals surface area contributed by atoms with Crippen molar-refractivity contribution in [3.05, 3.63) is 47.0 Å². The fourth-order valence-corrected chi connectivity index (χ4v) is 1.31. The summed E-state index contributed by atoms with van der Waals surface area (Å²) in [6, 6.07) is 5.83. The van der Waals surface area contributed by atoms with Crippen LogP contribution in [0.4, 0.5) is 16.2 Å². The molecule has 0 aliphatic heterocycles. The molecule has 0 saturated carbocycles. The number of hydrogen-bond donors (Lipinski definition) is 3. The average Bonchev–Trinajstić information content (AvgIpc) is 2.41. The van der Waals surface area contributed by atoms with E-state index < -0.39 is 4.92 Å². The molecule has 0 unspecified atom stereocenters. The number of benzene rings is 1. The molecule has 0 radical (unpaired) electrons. The first kappa shape index (κ1) is 14.5. The molecule has 0 fully saturated rings. The molecule has 7 nitrogen and oxygen atoms in total. The molecule has 1 aromatic rings. The van der Waals surface area contributed by atoms with Gasteiger partial charge in [-0.2, -0.15) is 0 Å². The zero-order chi connectivity index (χ0) is 14.1. The van der Waals surface area contributed by atoms with Crippen molar-refractivity contribution in [2.75, 3.05) is 25.0 Å². The number of urea groups is 1. The van der Waals surface area contributed by atoms with E-state index in [4.69, 9.17) is 0 Å². The van der Waals surface area contributed by atoms with E-state index in [-0.39, 0.29) is 11.7 Å². The predicted octanol–water partition coefficient (Wildman–Crippen LogP) is 1.49. The maximum Gasteiger partial charge on any atom is 0.315 e. The van der Waals surface area contributed by atoms with Crippen LogP contribution in [0.5, 0.6) is 0 Å². The van der Waals surface area contributed by atoms with Gasteiger partial charge in [0.1, 0.15) is 0 Å². The average molecular weight is 264 g/mol. The monoisotopic (exact) mass is 264 g/mol. The molecule has 2 amide bonds. The largest absolute Gasteiger partial charge is 0.383 e. The van der Waals surface area contributed by atoms with Crippen molar-refractivity contribution in [2.24, 2.45) is 0 Å². The Morgan fingerprint density at radius 2 is 1.95 bits per heavy atom. The zero-order valence-electron chi connectivity index (χ0n) is 10.4. The van der Waals surface area contributed by atoms with E-state index in [2.05, 4.69) is 22.5 Å². The van der Waals surface area contributed by atoms with Gasteiger partial charge in [0.2, 0.25) is 0 Å². The van der Waals surface area contributed by atoms with E-state index >= 15 is 0 Å². The maximum atomic E-state index is 11.2. The molecule has 0 aromatic heterocycles. The van der Waals surface area contributed by atoms with Crippen molar-refractivity contribution in [3.63, 3.8) is 0 Å². The van der Waals surface area contributed by atoms with Gasteiger partial charge in [0.05, 0.1) is 4.92 Å². The Bertz CT molecular complexity index is 445. The number of anilines is 1. The van der Waals surface area contributed by atoms with Gasteiger partial charge in [0.25, 0.3) is 5.69 Å². The van der Waals surface area contributed by atoms with Crippen molar-refractivity contribution < 1.29 is 9.72 Å². The molecule has 102 valence electrons. The number of non-ortho nitro benzene ring substituents is 1. The molecule has 19 heavy (non-hydrogen) atoms. The molecule has 7 heteroatoms. The Labute approximate surface area is 110 Å². The Morgan fingerprint density at radius 3 is 2.53 bits per heavy atom. The van der Waals surface area contributed by atoms with E-state index in [1.807, 2.05) is 0 Å². The molecule has 0 spiro atoms. The summed E-state index contributed by atoms with van der Waals surface area (Å²) in [5, 5.41) is 18.7. The minimum absolute atomic E-state index is 0.0486. The van der Waals surface area contributed by atoms with Crippen molar-refractivity contribution >= 4 is 17.4 Å². The Hall–Kier alpha value is -2.57. The standard InChI is InChI=1S/C12H16N4O3/c1-2-7-14-12(17)15-9-8-13-10-3-5-11(6-4-10)16(18)19/h2-6,13H,1,7-9H2,(H2,14,15,17). The number of nitro groups is 1. The van der Waals surface area contributed by atoms with Gasteiger partial charge in [-0.15, -0.1) is 6.58 Å². The Balaban J connectivity index is 2.24. The first-order valence-corrected chi connectivity index (χ1v) is 5.74. The minimum atomic E-state index is -0.449. The molecule has 0 bridgehead atoms. The van der Waals surface area contributed by atoms with Crippen molar-refractivity contribution in [2.45, 2.75) is 0 Å². The number of nitrogens with zero attached hydrogens (tertiary/aromatic N) is 1. The van der Waals surface area contributed by atoms with Crippen molar-refractivity contribution in [3.8, 4) is 0 Å². The number of amides is 2. The molecule has 3 N–H and O–H groups in total. The molecule has 0 heterocycles. The van der Waals surface area contributed by atoms with Crippen molar-refractivity contribution in [1.82, 2.24) is 10.6 Å². The topological polar surface area (TPSA) is 96.3 Å². The van der Waals surface area contributed by atoms with Gasteiger partial charge in [0.15, 0.2) is 0 Å². The van der Waals surface area contributed by atoms with Crippen LogP contribution in [0.2, 0.25) is 0 Å². The normalized spacial score (nSPS) is 9.47. The molecular formula is C12H16N4O3. The van der Waals surface area contributed by atoms with E-state index in [1.54, 1.807) is 18.2 Å². The second-order valence-electron chi connectivity index (χ2n) is 3.66. The Kier molecular flexibility index (Phi) is 5.87. The molecule has 0 aliphatic carbocycles. The first-order valence-electron chi connectivity index (χ1n) is 5.74. The number of carbonyl (C=O) groups is 1. The third-order valence-electron chi connectivity index (χ3n) is 2.22. The van der Waals surface area contributed by atoms with Crippen LogP contribution in [0, 0.1) is 10.1 Å². The highest BCUT2D eigenvalue weighted by atomic mass is 16.6. The SMILES string of the molecule is C=CCNC(=O)NCCNc1ccc([N+](=O)[O-])cc1. The lowest BCUT2D eigenvalue weighted by Gasteiger charge is -2.08. The van der Waals surface area contributed by atoms with Crippen LogP contribution in [-0.2, 0) is 0 Å². The third kappa shape index (κ3) is 5.53. The number of rotatable bonds is 7. The smallest absolute Gasteiger partial charge is 0.315 e. The fourth-order valence-electron chi connectivity index (χ4n) is 1.31. The van der Waals surface area contributed by atoms with Gasteiger partial charge >= 0.3 is 6.03 Å². The highest BCUT2D eigenvalue weighted by Gasteiger charge is 2.03. The van der Waals surface area contributed by atoms with Crippen LogP contribution in [0.15, 0.2) is 36.9 Å². The number of nitro benzene ring substituents is 1. The lowest BCUT2D eigenvalue weighted by Crippen LogP contribution is -2.37. The second-order valence-corrected chi connectivity index (χ2v) is 3.66. The summed E-state index contributed by atoms with van der Waals surface area (Å²) in [5.41, 5.74) is 0.811. The molecule has 1 rings (SSSR count). The molecule has 1 aromatic carbocycles. The predicted molar refractivity (Wildman–Crippen MR) is 73.2 cm³/mol. The maximum absolute atomic E-state index is 11.2. The van der Waals surface area contributed by atoms with Gasteiger partial charge < -0.3 is 16.0 Å². The van der Waals surface area contributed by atoms with E-state index in [9.17, 15) is 14.9 Å². The summed E-state index contributed by atoms with van der Waals surface area (Å²) >= 11 is 0. The van der Waals surface area contributed by atoms with E-state index in [1.165, 1.54) is 12.1 Å². The summed E-state index contributed by atoms with van der Waals surface area (Å²) < 4.78 is 0. The number of nitrogens with one attached hydrogen (secondary N) is 3. The van der Waals surface area contributed by atoms with Crippen LogP contribution in [0.25, 0.3) is 0 Å². The Morgan fingerprint density at radius 1 is 1.26 bits per heavy atom. The summed E-state index contributed by atoms with van der Waals surface area (Å²) in [6.45, 7) is 4.88. The summed E-state index contributed by atoms with van der Waals surface area (Å²) in [5.74, 6) is 0. The quantitative estimate of drug-likeness (QED) is 0.301. The molecular weight excluding hydrogens is 248 g/mol. The lowest BCUT2D eigenvalue weighted by atomic mass is 10.3. The molecule has 0 atom stereocenters. The fraction of sp³-hybridized carbons (Fsp3) is 0.250. The lowest BCUT2D eigenvalue weighted by molar-refractivity contribution is -0.384. The van der Waals surface area contributed by atoms with Crippen molar-refractivity contribution in [1.29, 1.82) is 0 Å². The van der Waals surface area contributed by atoms with E-state index in [0.29, 0.717) is 19.6 Å². The zero-order valence-corrected chi connectivity index (χ0v) is 10.4. The van der Waals surface area contributed by atoms with E-state index in [0.717, 1.165) is 5.69 Å². The number of hydrogen-bond acceptors (Lipinski definition) is 4. The third-order valence-corrected chi connectivity index (χ3v) is 2.22. The van der Waals surface area contributed by atoms with Gasteiger partial charge in [-0.1, -0.05) is 6.08 Å². The van der Waals surface area contributed by atoms with Gasteiger partial charge in [-0.05, 0) is 12.1 Å². The highest BCUT2D eigenvalue weighted by Crippen LogP contribution is 2.14. The minimum Gasteiger partial charge on any atom is -0.383 e.